The Hall–Kier alpha value is -2.11. The van der Waals surface area contributed by atoms with Crippen LogP contribution >= 0.6 is 0 Å². The quantitative estimate of drug-likeness (QED) is 0.802. The summed E-state index contributed by atoms with van der Waals surface area (Å²) in [4.78, 5) is 32.4. The Morgan fingerprint density at radius 1 is 1.31 bits per heavy atom. The number of rotatable bonds is 4. The van der Waals surface area contributed by atoms with E-state index in [1.165, 1.54) is 0 Å². The number of nitrogens with zero attached hydrogens (tertiary/aromatic N) is 3. The van der Waals surface area contributed by atoms with Crippen molar-refractivity contribution in [3.8, 4) is 0 Å². The molecular weight excluding hydrogens is 330 g/mol. The van der Waals surface area contributed by atoms with Crippen LogP contribution in [0.15, 0.2) is 18.3 Å². The van der Waals surface area contributed by atoms with E-state index in [0.29, 0.717) is 12.4 Å². The van der Waals surface area contributed by atoms with Crippen molar-refractivity contribution in [3.63, 3.8) is 0 Å². The highest BCUT2D eigenvalue weighted by Gasteiger charge is 2.27. The minimum Gasteiger partial charge on any atom is -0.443 e. The topological polar surface area (TPSA) is 62.7 Å². The van der Waals surface area contributed by atoms with Crippen LogP contribution in [0.2, 0.25) is 0 Å². The van der Waals surface area contributed by atoms with Gasteiger partial charge in [0.1, 0.15) is 11.4 Å². The molecule has 0 aromatic carbocycles. The summed E-state index contributed by atoms with van der Waals surface area (Å²) < 4.78 is 5.50. The fourth-order valence-corrected chi connectivity index (χ4v) is 3.25. The molecule has 2 rings (SSSR count). The first kappa shape index (κ1) is 20.2. The Labute approximate surface area is 156 Å². The summed E-state index contributed by atoms with van der Waals surface area (Å²) in [6.45, 7) is 10.5. The third kappa shape index (κ3) is 5.19. The number of likely N-dealkylation sites (tertiary alicyclic amines) is 1. The van der Waals surface area contributed by atoms with Crippen molar-refractivity contribution >= 4 is 17.8 Å². The number of hydrogen-bond donors (Lipinski definition) is 0. The predicted molar refractivity (Wildman–Crippen MR) is 102 cm³/mol. The first-order chi connectivity index (χ1) is 12.2. The van der Waals surface area contributed by atoms with Crippen LogP contribution in [0.3, 0.4) is 0 Å². The standard InChI is InChI=1S/C20H31N3O3/c1-6-12-23(19(25)26-20(3,4)5)18-11-10-16(14-21-18)17-9-7-8-13-22(17)15(2)24/h10-11,14,17H,6-9,12-13H2,1-5H3. The highest BCUT2D eigenvalue weighted by atomic mass is 16.6. The first-order valence-corrected chi connectivity index (χ1v) is 9.46. The van der Waals surface area contributed by atoms with Gasteiger partial charge in [-0.2, -0.15) is 0 Å². The number of piperidine rings is 1. The van der Waals surface area contributed by atoms with E-state index in [-0.39, 0.29) is 18.0 Å². The summed E-state index contributed by atoms with van der Waals surface area (Å²) in [6.07, 6.45) is 5.31. The normalized spacial score (nSPS) is 17.7. The predicted octanol–water partition coefficient (Wildman–Crippen LogP) is 4.31. The van der Waals surface area contributed by atoms with Gasteiger partial charge >= 0.3 is 6.09 Å². The summed E-state index contributed by atoms with van der Waals surface area (Å²) in [5.41, 5.74) is 0.469. The smallest absolute Gasteiger partial charge is 0.416 e. The van der Waals surface area contributed by atoms with Crippen LogP contribution in [0.1, 0.15) is 71.9 Å². The van der Waals surface area contributed by atoms with E-state index >= 15 is 0 Å². The zero-order valence-electron chi connectivity index (χ0n) is 16.6. The second kappa shape index (κ2) is 8.52. The third-order valence-corrected chi connectivity index (χ3v) is 4.40. The van der Waals surface area contributed by atoms with Gasteiger partial charge in [-0.1, -0.05) is 13.0 Å². The van der Waals surface area contributed by atoms with Crippen molar-refractivity contribution in [3.05, 3.63) is 23.9 Å². The number of anilines is 1. The zero-order chi connectivity index (χ0) is 19.3. The molecule has 1 aromatic heterocycles. The molecule has 0 radical (unpaired) electrons. The lowest BCUT2D eigenvalue weighted by Gasteiger charge is -2.35. The average molecular weight is 361 g/mol. The molecule has 0 saturated carbocycles. The maximum atomic E-state index is 12.5. The van der Waals surface area contributed by atoms with Crippen LogP contribution in [0.25, 0.3) is 0 Å². The van der Waals surface area contributed by atoms with E-state index < -0.39 is 5.60 Å². The summed E-state index contributed by atoms with van der Waals surface area (Å²) >= 11 is 0. The van der Waals surface area contributed by atoms with Gasteiger partial charge in [0.15, 0.2) is 0 Å². The van der Waals surface area contributed by atoms with Gasteiger partial charge in [-0.15, -0.1) is 0 Å². The molecule has 0 aliphatic carbocycles. The second-order valence-corrected chi connectivity index (χ2v) is 7.81. The van der Waals surface area contributed by atoms with Crippen LogP contribution in [0, 0.1) is 0 Å². The number of carbonyl (C=O) groups is 2. The van der Waals surface area contributed by atoms with Crippen molar-refractivity contribution < 1.29 is 14.3 Å². The number of amides is 2. The Balaban J connectivity index is 2.20. The van der Waals surface area contributed by atoms with Crippen molar-refractivity contribution in [2.45, 2.75) is 71.9 Å². The Bertz CT molecular complexity index is 622. The minimum absolute atomic E-state index is 0.0731. The van der Waals surface area contributed by atoms with E-state index in [1.54, 1.807) is 18.0 Å². The number of ether oxygens (including phenoxy) is 1. The molecule has 26 heavy (non-hydrogen) atoms. The largest absolute Gasteiger partial charge is 0.443 e. The third-order valence-electron chi connectivity index (χ3n) is 4.40. The fourth-order valence-electron chi connectivity index (χ4n) is 3.25. The van der Waals surface area contributed by atoms with Crippen molar-refractivity contribution in [1.29, 1.82) is 0 Å². The van der Waals surface area contributed by atoms with Crippen molar-refractivity contribution in [1.82, 2.24) is 9.88 Å². The number of aromatic nitrogens is 1. The Morgan fingerprint density at radius 3 is 2.58 bits per heavy atom. The van der Waals surface area contributed by atoms with Gasteiger partial charge in [0, 0.05) is 26.2 Å². The summed E-state index contributed by atoms with van der Waals surface area (Å²) in [5.74, 6) is 0.676. The summed E-state index contributed by atoms with van der Waals surface area (Å²) in [6, 6.07) is 3.90. The summed E-state index contributed by atoms with van der Waals surface area (Å²) in [5, 5.41) is 0. The molecule has 144 valence electrons. The van der Waals surface area contributed by atoms with E-state index in [2.05, 4.69) is 4.98 Å². The molecule has 1 aliphatic heterocycles. The van der Waals surface area contributed by atoms with Gasteiger partial charge in [-0.05, 0) is 58.1 Å². The second-order valence-electron chi connectivity index (χ2n) is 7.81. The first-order valence-electron chi connectivity index (χ1n) is 9.46. The maximum Gasteiger partial charge on any atom is 0.416 e. The molecule has 1 aromatic rings. The van der Waals surface area contributed by atoms with Crippen LogP contribution in [0.5, 0.6) is 0 Å². The van der Waals surface area contributed by atoms with Crippen LogP contribution in [-0.4, -0.2) is 40.6 Å². The number of pyridine rings is 1. The van der Waals surface area contributed by atoms with Crippen LogP contribution in [0.4, 0.5) is 10.6 Å². The van der Waals surface area contributed by atoms with Gasteiger partial charge in [-0.3, -0.25) is 9.69 Å². The van der Waals surface area contributed by atoms with Crippen LogP contribution < -0.4 is 4.90 Å². The molecule has 0 N–H and O–H groups in total. The van der Waals surface area contributed by atoms with Crippen molar-refractivity contribution in [2.24, 2.45) is 0 Å². The molecule has 1 unspecified atom stereocenters. The molecule has 6 nitrogen and oxygen atoms in total. The van der Waals surface area contributed by atoms with E-state index in [0.717, 1.165) is 37.8 Å². The lowest BCUT2D eigenvalue weighted by molar-refractivity contribution is -0.132. The zero-order valence-corrected chi connectivity index (χ0v) is 16.6. The van der Waals surface area contributed by atoms with Crippen molar-refractivity contribution in [2.75, 3.05) is 18.0 Å². The number of hydrogen-bond acceptors (Lipinski definition) is 4. The van der Waals surface area contributed by atoms with E-state index in [4.69, 9.17) is 4.74 Å². The molecule has 1 aliphatic rings. The SMILES string of the molecule is CCCN(C(=O)OC(C)(C)C)c1ccc(C2CCCCN2C(C)=O)cn1. The van der Waals surface area contributed by atoms with Crippen LogP contribution in [-0.2, 0) is 9.53 Å². The molecule has 2 amide bonds. The molecule has 0 bridgehead atoms. The minimum atomic E-state index is -0.549. The monoisotopic (exact) mass is 361 g/mol. The highest BCUT2D eigenvalue weighted by molar-refractivity contribution is 5.86. The highest BCUT2D eigenvalue weighted by Crippen LogP contribution is 2.31. The number of carbonyl (C=O) groups excluding carboxylic acids is 2. The van der Waals surface area contributed by atoms with Gasteiger partial charge in [0.25, 0.3) is 0 Å². The molecule has 0 spiro atoms. The summed E-state index contributed by atoms with van der Waals surface area (Å²) in [7, 11) is 0. The Morgan fingerprint density at radius 2 is 2.04 bits per heavy atom. The molecule has 1 atom stereocenters. The Kier molecular flexibility index (Phi) is 6.62. The van der Waals surface area contributed by atoms with Gasteiger partial charge in [0.05, 0.1) is 6.04 Å². The van der Waals surface area contributed by atoms with E-state index in [1.807, 2.05) is 44.7 Å². The maximum absolute atomic E-state index is 12.5. The molecular formula is C20H31N3O3. The average Bonchev–Trinajstić information content (AvgIpc) is 2.58. The van der Waals surface area contributed by atoms with Gasteiger partial charge in [0.2, 0.25) is 5.91 Å². The molecule has 1 fully saturated rings. The van der Waals surface area contributed by atoms with Gasteiger partial charge in [-0.25, -0.2) is 9.78 Å². The lowest BCUT2D eigenvalue weighted by Crippen LogP contribution is -2.38. The fraction of sp³-hybridized carbons (Fsp3) is 0.650. The molecule has 2 heterocycles. The lowest BCUT2D eigenvalue weighted by atomic mass is 9.96. The molecule has 1 saturated heterocycles. The van der Waals surface area contributed by atoms with Gasteiger partial charge < -0.3 is 9.64 Å². The van der Waals surface area contributed by atoms with E-state index in [9.17, 15) is 9.59 Å². The molecule has 6 heteroatoms.